The molecule has 0 aliphatic carbocycles. The lowest BCUT2D eigenvalue weighted by atomic mass is 9.94. The molecule has 0 bridgehead atoms. The highest BCUT2D eigenvalue weighted by Gasteiger charge is 2.24. The summed E-state index contributed by atoms with van der Waals surface area (Å²) < 4.78 is 19.3. The fraction of sp³-hybridized carbons (Fsp3) is 0.133. The molecular weight excluding hydrogens is 247 g/mol. The minimum Gasteiger partial charge on any atom is -0.508 e. The lowest BCUT2D eigenvalue weighted by molar-refractivity contribution is 0.0478. The van der Waals surface area contributed by atoms with Gasteiger partial charge in [-0.25, -0.2) is 9.18 Å². The minimum atomic E-state index is -0.548. The molecule has 0 unspecified atom stereocenters. The number of cyclic esters (lactones) is 1. The van der Waals surface area contributed by atoms with Crippen LogP contribution in [0.1, 0.15) is 21.5 Å². The summed E-state index contributed by atoms with van der Waals surface area (Å²) >= 11 is 0. The first kappa shape index (κ1) is 11.7. The number of benzene rings is 2. The average molecular weight is 258 g/mol. The largest absolute Gasteiger partial charge is 0.508 e. The molecule has 0 saturated carbocycles. The number of ether oxygens (including phenoxy) is 1. The molecule has 2 aromatic rings. The van der Waals surface area contributed by atoms with Crippen LogP contribution in [-0.2, 0) is 11.3 Å². The van der Waals surface area contributed by atoms with E-state index in [-0.39, 0.29) is 23.5 Å². The summed E-state index contributed by atoms with van der Waals surface area (Å²) in [7, 11) is 0. The van der Waals surface area contributed by atoms with Gasteiger partial charge in [-0.2, -0.15) is 0 Å². The Hall–Kier alpha value is -2.36. The standard InChI is InChI=1S/C15H11FO3/c1-8-4-12-14(13(16)5-8)11-3-2-10(17)6-9(11)7-19-15(12)18/h2-6,17H,7H2,1H3. The van der Waals surface area contributed by atoms with E-state index < -0.39 is 11.8 Å². The zero-order valence-electron chi connectivity index (χ0n) is 10.2. The molecule has 3 nitrogen and oxygen atoms in total. The maximum atomic E-state index is 14.2. The molecule has 0 atom stereocenters. The Morgan fingerprint density at radius 1 is 1.21 bits per heavy atom. The van der Waals surface area contributed by atoms with E-state index >= 15 is 0 Å². The van der Waals surface area contributed by atoms with Crippen LogP contribution >= 0.6 is 0 Å². The number of aromatic hydroxyl groups is 1. The van der Waals surface area contributed by atoms with Gasteiger partial charge in [0.15, 0.2) is 0 Å². The zero-order valence-corrected chi connectivity index (χ0v) is 10.2. The van der Waals surface area contributed by atoms with Crippen LogP contribution in [0.25, 0.3) is 11.1 Å². The Labute approximate surface area is 109 Å². The van der Waals surface area contributed by atoms with Gasteiger partial charge < -0.3 is 9.84 Å². The van der Waals surface area contributed by atoms with Crippen molar-refractivity contribution in [2.45, 2.75) is 13.5 Å². The molecule has 1 aliphatic heterocycles. The van der Waals surface area contributed by atoms with E-state index in [4.69, 9.17) is 4.74 Å². The molecule has 1 aliphatic rings. The Kier molecular flexibility index (Phi) is 2.52. The average Bonchev–Trinajstić information content (AvgIpc) is 2.48. The summed E-state index contributed by atoms with van der Waals surface area (Å²) in [5.41, 5.74) is 2.30. The van der Waals surface area contributed by atoms with E-state index in [0.717, 1.165) is 0 Å². The summed E-state index contributed by atoms with van der Waals surface area (Å²) in [6, 6.07) is 7.55. The molecule has 0 saturated heterocycles. The van der Waals surface area contributed by atoms with Crippen LogP contribution in [0.4, 0.5) is 4.39 Å². The number of halogens is 1. The van der Waals surface area contributed by atoms with Crippen molar-refractivity contribution in [3.8, 4) is 16.9 Å². The summed E-state index contributed by atoms with van der Waals surface area (Å²) in [5.74, 6) is -0.945. The van der Waals surface area contributed by atoms with Gasteiger partial charge >= 0.3 is 5.97 Å². The van der Waals surface area contributed by atoms with Gasteiger partial charge in [0.1, 0.15) is 18.2 Å². The van der Waals surface area contributed by atoms with Crippen molar-refractivity contribution < 1.29 is 19.0 Å². The number of carbonyl (C=O) groups is 1. The summed E-state index contributed by atoms with van der Waals surface area (Å²) in [4.78, 5) is 11.9. The van der Waals surface area contributed by atoms with Crippen molar-refractivity contribution in [2.24, 2.45) is 0 Å². The maximum Gasteiger partial charge on any atom is 0.339 e. The topological polar surface area (TPSA) is 46.5 Å². The second kappa shape index (κ2) is 4.09. The number of phenolic OH excluding ortho intramolecular Hbond substituents is 1. The van der Waals surface area contributed by atoms with Gasteiger partial charge in [0.05, 0.1) is 5.56 Å². The highest BCUT2D eigenvalue weighted by molar-refractivity contribution is 5.99. The molecule has 0 spiro atoms. The van der Waals surface area contributed by atoms with Crippen LogP contribution in [0.2, 0.25) is 0 Å². The molecule has 1 N–H and O–H groups in total. The van der Waals surface area contributed by atoms with Gasteiger partial charge in [-0.3, -0.25) is 0 Å². The van der Waals surface area contributed by atoms with Gasteiger partial charge in [-0.15, -0.1) is 0 Å². The van der Waals surface area contributed by atoms with Crippen LogP contribution in [0.3, 0.4) is 0 Å². The van der Waals surface area contributed by atoms with Crippen molar-refractivity contribution in [1.82, 2.24) is 0 Å². The fourth-order valence-corrected chi connectivity index (χ4v) is 2.34. The van der Waals surface area contributed by atoms with Gasteiger partial charge in [0, 0.05) is 11.1 Å². The first-order valence-corrected chi connectivity index (χ1v) is 5.86. The molecule has 2 aromatic carbocycles. The van der Waals surface area contributed by atoms with Crippen molar-refractivity contribution in [2.75, 3.05) is 0 Å². The first-order valence-electron chi connectivity index (χ1n) is 5.86. The number of phenols is 1. The minimum absolute atomic E-state index is 0.0235. The van der Waals surface area contributed by atoms with Crippen molar-refractivity contribution in [3.63, 3.8) is 0 Å². The number of esters is 1. The van der Waals surface area contributed by atoms with Crippen LogP contribution < -0.4 is 0 Å². The second-order valence-corrected chi connectivity index (χ2v) is 4.59. The number of rotatable bonds is 0. The van der Waals surface area contributed by atoms with Gasteiger partial charge in [0.2, 0.25) is 0 Å². The lowest BCUT2D eigenvalue weighted by Crippen LogP contribution is -2.04. The molecule has 3 rings (SSSR count). The van der Waals surface area contributed by atoms with Gasteiger partial charge in [0.25, 0.3) is 0 Å². The summed E-state index contributed by atoms with van der Waals surface area (Å²) in [5, 5.41) is 9.47. The quantitative estimate of drug-likeness (QED) is 0.738. The predicted octanol–water partition coefficient (Wildman–Crippen LogP) is 3.18. The monoisotopic (exact) mass is 258 g/mol. The molecule has 0 fully saturated rings. The van der Waals surface area contributed by atoms with Crippen molar-refractivity contribution in [3.05, 3.63) is 52.8 Å². The normalized spacial score (nSPS) is 13.3. The maximum absolute atomic E-state index is 14.2. The van der Waals surface area contributed by atoms with E-state index in [1.807, 2.05) is 0 Å². The van der Waals surface area contributed by atoms with Crippen LogP contribution in [0, 0.1) is 12.7 Å². The van der Waals surface area contributed by atoms with E-state index in [0.29, 0.717) is 16.7 Å². The Morgan fingerprint density at radius 2 is 2.00 bits per heavy atom. The van der Waals surface area contributed by atoms with Crippen LogP contribution in [-0.4, -0.2) is 11.1 Å². The van der Waals surface area contributed by atoms with Crippen LogP contribution in [0.5, 0.6) is 5.75 Å². The third-order valence-electron chi connectivity index (χ3n) is 3.17. The van der Waals surface area contributed by atoms with Gasteiger partial charge in [-0.05, 0) is 42.3 Å². The second-order valence-electron chi connectivity index (χ2n) is 4.59. The summed E-state index contributed by atoms with van der Waals surface area (Å²) in [6.45, 7) is 1.75. The third kappa shape index (κ3) is 1.85. The van der Waals surface area contributed by atoms with Crippen LogP contribution in [0.15, 0.2) is 30.3 Å². The van der Waals surface area contributed by atoms with Crippen molar-refractivity contribution >= 4 is 5.97 Å². The molecule has 1 heterocycles. The Bertz CT molecular complexity index is 692. The molecule has 96 valence electrons. The number of carbonyl (C=O) groups excluding carboxylic acids is 1. The SMILES string of the molecule is Cc1cc(F)c2c(c1)C(=O)OCc1cc(O)ccc1-2. The van der Waals surface area contributed by atoms with E-state index in [1.165, 1.54) is 18.2 Å². The van der Waals surface area contributed by atoms with E-state index in [9.17, 15) is 14.3 Å². The molecule has 4 heteroatoms. The number of hydrogen-bond donors (Lipinski definition) is 1. The van der Waals surface area contributed by atoms with E-state index in [2.05, 4.69) is 0 Å². The third-order valence-corrected chi connectivity index (χ3v) is 3.17. The summed E-state index contributed by atoms with van der Waals surface area (Å²) in [6.07, 6.45) is 0. The number of fused-ring (bicyclic) bond motifs is 3. The van der Waals surface area contributed by atoms with Gasteiger partial charge in [-0.1, -0.05) is 6.07 Å². The first-order chi connectivity index (χ1) is 9.06. The number of aryl methyl sites for hydroxylation is 1. The lowest BCUT2D eigenvalue weighted by Gasteiger charge is -2.09. The predicted molar refractivity (Wildman–Crippen MR) is 67.4 cm³/mol. The Balaban J connectivity index is 2.36. The molecule has 0 radical (unpaired) electrons. The number of hydrogen-bond acceptors (Lipinski definition) is 3. The highest BCUT2D eigenvalue weighted by atomic mass is 19.1. The highest BCUT2D eigenvalue weighted by Crippen LogP contribution is 2.35. The molecule has 0 amide bonds. The Morgan fingerprint density at radius 3 is 2.79 bits per heavy atom. The fourth-order valence-electron chi connectivity index (χ4n) is 2.34. The molecule has 19 heavy (non-hydrogen) atoms. The smallest absolute Gasteiger partial charge is 0.339 e. The zero-order chi connectivity index (χ0) is 13.6. The van der Waals surface area contributed by atoms with E-state index in [1.54, 1.807) is 19.1 Å². The van der Waals surface area contributed by atoms with Crippen molar-refractivity contribution in [1.29, 1.82) is 0 Å². The molecule has 0 aromatic heterocycles. The molecular formula is C15H11FO3.